The van der Waals surface area contributed by atoms with Crippen molar-refractivity contribution in [1.29, 1.82) is 0 Å². The van der Waals surface area contributed by atoms with E-state index in [1.54, 1.807) is 60.7 Å². The fraction of sp³-hybridized carbons (Fsp3) is 0.143. The molecule has 0 amide bonds. The Kier molecular flexibility index (Phi) is 7.84. The van der Waals surface area contributed by atoms with Gasteiger partial charge in [-0.3, -0.25) is 0 Å². The molecule has 0 saturated heterocycles. The first-order valence-corrected chi connectivity index (χ1v) is 10.1. The Morgan fingerprint density at radius 3 is 1.31 bits per heavy atom. The van der Waals surface area contributed by atoms with Gasteiger partial charge in [0.2, 0.25) is 0 Å². The van der Waals surface area contributed by atoms with Gasteiger partial charge in [-0.1, -0.05) is 60.7 Å². The summed E-state index contributed by atoms with van der Waals surface area (Å²) in [5, 5.41) is 0. The quantitative estimate of drug-likeness (QED) is 0.354. The Balaban J connectivity index is 1.91. The highest BCUT2D eigenvalue weighted by Crippen LogP contribution is 2.33. The number of benzene rings is 3. The number of carbonyl (C=O) groups excluding carboxylic acids is 2. The van der Waals surface area contributed by atoms with E-state index in [0.717, 1.165) is 0 Å². The molecule has 0 radical (unpaired) electrons. The van der Waals surface area contributed by atoms with Crippen LogP contribution in [0.2, 0.25) is 0 Å². The molecule has 4 nitrogen and oxygen atoms in total. The summed E-state index contributed by atoms with van der Waals surface area (Å²) in [7, 11) is 0. The molecular weight excluding hydrogens is 400 g/mol. The van der Waals surface area contributed by atoms with E-state index in [4.69, 9.17) is 22.3 Å². The molecule has 0 aliphatic heterocycles. The van der Waals surface area contributed by atoms with Crippen molar-refractivity contribution in [2.24, 2.45) is 0 Å². The van der Waals surface area contributed by atoms with Crippen LogP contribution in [0.1, 0.15) is 56.9 Å². The van der Waals surface area contributed by atoms with Crippen LogP contribution in [0.3, 0.4) is 0 Å². The molecule has 3 aromatic rings. The average Bonchev–Trinajstić information content (AvgIpc) is 2.84. The van der Waals surface area contributed by atoms with Gasteiger partial charge in [0.25, 0.3) is 0 Å². The van der Waals surface area contributed by atoms with E-state index in [1.807, 2.05) is 24.3 Å². The van der Waals surface area contributed by atoms with Crippen LogP contribution in [0.25, 0.3) is 0 Å². The van der Waals surface area contributed by atoms with Gasteiger partial charge in [-0.2, -0.15) is 0 Å². The van der Waals surface area contributed by atoms with Crippen LogP contribution in [0.4, 0.5) is 0 Å². The monoisotopic (exact) mass is 422 g/mol. The maximum Gasteiger partial charge on any atom is 0.338 e. The van der Waals surface area contributed by atoms with Gasteiger partial charge >= 0.3 is 11.9 Å². The van der Waals surface area contributed by atoms with Crippen molar-refractivity contribution in [3.8, 4) is 24.7 Å². The summed E-state index contributed by atoms with van der Waals surface area (Å²) >= 11 is 0. The lowest BCUT2D eigenvalue weighted by molar-refractivity contribution is 0.0243. The van der Waals surface area contributed by atoms with Crippen LogP contribution in [-0.2, 0) is 9.47 Å². The van der Waals surface area contributed by atoms with Gasteiger partial charge in [-0.25, -0.2) is 9.59 Å². The van der Waals surface area contributed by atoms with Crippen LogP contribution in [-0.4, -0.2) is 11.9 Å². The molecule has 0 bridgehead atoms. The van der Waals surface area contributed by atoms with Crippen LogP contribution in [0, 0.1) is 24.7 Å². The molecule has 0 fully saturated rings. The Hall–Kier alpha value is -4.28. The number of ether oxygens (including phenoxy) is 2. The van der Waals surface area contributed by atoms with Crippen molar-refractivity contribution in [3.63, 3.8) is 0 Å². The molecule has 2 atom stereocenters. The maximum atomic E-state index is 12.7. The first kappa shape index (κ1) is 22.4. The number of terminal acetylenes is 2. The van der Waals surface area contributed by atoms with E-state index in [2.05, 4.69) is 11.8 Å². The Morgan fingerprint density at radius 1 is 0.625 bits per heavy atom. The molecular formula is C28H22O4. The zero-order valence-corrected chi connectivity index (χ0v) is 17.4. The van der Waals surface area contributed by atoms with E-state index in [9.17, 15) is 9.59 Å². The topological polar surface area (TPSA) is 52.6 Å². The van der Waals surface area contributed by atoms with Gasteiger partial charge < -0.3 is 9.47 Å². The van der Waals surface area contributed by atoms with Crippen molar-refractivity contribution >= 4 is 11.9 Å². The minimum atomic E-state index is -0.723. The van der Waals surface area contributed by atoms with E-state index in [-0.39, 0.29) is 12.8 Å². The van der Waals surface area contributed by atoms with E-state index >= 15 is 0 Å². The van der Waals surface area contributed by atoms with Crippen LogP contribution in [0.15, 0.2) is 84.9 Å². The summed E-state index contributed by atoms with van der Waals surface area (Å²) in [5.41, 5.74) is 2.14. The second-order valence-electron chi connectivity index (χ2n) is 6.97. The minimum Gasteiger partial charge on any atom is -0.453 e. The lowest BCUT2D eigenvalue weighted by atomic mass is 9.95. The van der Waals surface area contributed by atoms with Crippen molar-refractivity contribution in [3.05, 3.63) is 107 Å². The fourth-order valence-electron chi connectivity index (χ4n) is 3.28. The van der Waals surface area contributed by atoms with Crippen molar-refractivity contribution in [2.45, 2.75) is 25.0 Å². The zero-order valence-electron chi connectivity index (χ0n) is 17.4. The first-order valence-electron chi connectivity index (χ1n) is 10.1. The average molecular weight is 422 g/mol. The molecule has 4 heteroatoms. The number of esters is 2. The number of hydrogen-bond acceptors (Lipinski definition) is 4. The van der Waals surface area contributed by atoms with Crippen LogP contribution in [0.5, 0.6) is 0 Å². The van der Waals surface area contributed by atoms with Crippen molar-refractivity contribution in [1.82, 2.24) is 0 Å². The molecule has 158 valence electrons. The summed E-state index contributed by atoms with van der Waals surface area (Å²) in [4.78, 5) is 25.3. The summed E-state index contributed by atoms with van der Waals surface area (Å²) in [5.74, 6) is 4.14. The molecule has 3 rings (SSSR count). The summed E-state index contributed by atoms with van der Waals surface area (Å²) in [6, 6.07) is 24.6. The van der Waals surface area contributed by atoms with Crippen molar-refractivity contribution in [2.75, 3.05) is 0 Å². The molecule has 0 N–H and O–H groups in total. The van der Waals surface area contributed by atoms with Gasteiger partial charge in [-0.05, 0) is 24.3 Å². The molecule has 0 aliphatic carbocycles. The second kappa shape index (κ2) is 11.2. The normalized spacial score (nSPS) is 11.9. The predicted octanol–water partition coefficient (Wildman–Crippen LogP) is 5.53. The third kappa shape index (κ3) is 5.65. The smallest absolute Gasteiger partial charge is 0.338 e. The van der Waals surface area contributed by atoms with Gasteiger partial charge in [-0.15, -0.1) is 24.7 Å². The highest BCUT2D eigenvalue weighted by Gasteiger charge is 2.26. The molecule has 0 unspecified atom stereocenters. The van der Waals surface area contributed by atoms with Crippen LogP contribution < -0.4 is 0 Å². The molecule has 32 heavy (non-hydrogen) atoms. The van der Waals surface area contributed by atoms with E-state index in [0.29, 0.717) is 22.3 Å². The molecule has 0 saturated carbocycles. The number of carbonyl (C=O) groups is 2. The van der Waals surface area contributed by atoms with Crippen LogP contribution >= 0.6 is 0 Å². The second-order valence-corrected chi connectivity index (χ2v) is 6.97. The standard InChI is InChI=1S/C28H22O4/c1-3-13-25(31-27(29)21-15-7-5-8-16-21)23-19-11-12-20-24(23)26(14-4-2)32-28(30)22-17-9-6-10-18-22/h1-2,5-12,15-20,25-26H,13-14H2/t25-,26+. The minimum absolute atomic E-state index is 0.158. The summed E-state index contributed by atoms with van der Waals surface area (Å²) in [6.07, 6.45) is 10.00. The molecule has 3 aromatic carbocycles. The Labute approximate surface area is 188 Å². The molecule has 0 heterocycles. The van der Waals surface area contributed by atoms with Gasteiger partial charge in [0.1, 0.15) is 12.2 Å². The molecule has 0 spiro atoms. The zero-order chi connectivity index (χ0) is 22.8. The lowest BCUT2D eigenvalue weighted by Crippen LogP contribution is -2.17. The Morgan fingerprint density at radius 2 is 0.969 bits per heavy atom. The van der Waals surface area contributed by atoms with E-state index < -0.39 is 24.1 Å². The largest absolute Gasteiger partial charge is 0.453 e. The highest BCUT2D eigenvalue weighted by atomic mass is 16.5. The lowest BCUT2D eigenvalue weighted by Gasteiger charge is -2.24. The predicted molar refractivity (Wildman–Crippen MR) is 123 cm³/mol. The fourth-order valence-corrected chi connectivity index (χ4v) is 3.28. The summed E-state index contributed by atoms with van der Waals surface area (Å²) < 4.78 is 11.5. The number of rotatable bonds is 8. The van der Waals surface area contributed by atoms with Gasteiger partial charge in [0, 0.05) is 11.1 Å². The third-order valence-electron chi connectivity index (χ3n) is 4.81. The molecule has 0 aromatic heterocycles. The van der Waals surface area contributed by atoms with Gasteiger partial charge in [0.15, 0.2) is 0 Å². The van der Waals surface area contributed by atoms with E-state index in [1.165, 1.54) is 0 Å². The number of hydrogen-bond donors (Lipinski definition) is 0. The first-order chi connectivity index (χ1) is 15.6. The highest BCUT2D eigenvalue weighted by molar-refractivity contribution is 5.90. The maximum absolute atomic E-state index is 12.7. The third-order valence-corrected chi connectivity index (χ3v) is 4.81. The van der Waals surface area contributed by atoms with Crippen molar-refractivity contribution < 1.29 is 19.1 Å². The van der Waals surface area contributed by atoms with Gasteiger partial charge in [0.05, 0.1) is 24.0 Å². The Bertz CT molecular complexity index is 1040. The summed E-state index contributed by atoms with van der Waals surface area (Å²) in [6.45, 7) is 0. The molecule has 0 aliphatic rings. The SMILES string of the molecule is C#CC[C@H](OC(=O)c1ccccc1)c1ccccc1[C@@H](CC#C)OC(=O)c1ccccc1.